The molecular formula is C24H25N5O3. The molecule has 2 aromatic heterocycles. The van der Waals surface area contributed by atoms with Gasteiger partial charge in [-0.1, -0.05) is 24.3 Å². The van der Waals surface area contributed by atoms with Crippen LogP contribution < -0.4 is 0 Å². The minimum Gasteiger partial charge on any atom is -0.443 e. The highest BCUT2D eigenvalue weighted by Crippen LogP contribution is 2.44. The first-order chi connectivity index (χ1) is 15.5. The third-order valence-corrected chi connectivity index (χ3v) is 7.13. The van der Waals surface area contributed by atoms with Crippen LogP contribution >= 0.6 is 0 Å². The van der Waals surface area contributed by atoms with E-state index in [0.717, 1.165) is 36.3 Å². The van der Waals surface area contributed by atoms with Gasteiger partial charge in [-0.05, 0) is 37.8 Å². The molecule has 6 rings (SSSR count). The van der Waals surface area contributed by atoms with Crippen LogP contribution in [0.5, 0.6) is 0 Å². The number of benzene rings is 1. The molecule has 2 fully saturated rings. The first-order valence-electron chi connectivity index (χ1n) is 11.2. The predicted octanol–water partition coefficient (Wildman–Crippen LogP) is 3.07. The molecule has 1 aliphatic carbocycles. The lowest BCUT2D eigenvalue weighted by Gasteiger charge is -2.38. The van der Waals surface area contributed by atoms with Crippen molar-refractivity contribution >= 4 is 17.6 Å². The van der Waals surface area contributed by atoms with Crippen LogP contribution in [0.25, 0.3) is 5.65 Å². The Morgan fingerprint density at radius 1 is 1.16 bits per heavy atom. The van der Waals surface area contributed by atoms with Gasteiger partial charge in [0.05, 0.1) is 23.0 Å². The number of nitrogens with zero attached hydrogens (tertiary/aromatic N) is 5. The minimum absolute atomic E-state index is 0.0112. The Hall–Kier alpha value is -3.42. The first-order valence-corrected chi connectivity index (χ1v) is 11.2. The van der Waals surface area contributed by atoms with Crippen molar-refractivity contribution in [2.75, 3.05) is 13.1 Å². The molecular weight excluding hydrogens is 406 g/mol. The van der Waals surface area contributed by atoms with Gasteiger partial charge in [0.25, 0.3) is 5.91 Å². The highest BCUT2D eigenvalue weighted by molar-refractivity contribution is 5.95. The van der Waals surface area contributed by atoms with E-state index in [1.165, 1.54) is 11.1 Å². The number of aryl methyl sites for hydroxylation is 2. The lowest BCUT2D eigenvalue weighted by molar-refractivity contribution is 0.0634. The summed E-state index contributed by atoms with van der Waals surface area (Å²) in [5.74, 6) is -0.0309. The zero-order valence-corrected chi connectivity index (χ0v) is 18.2. The van der Waals surface area contributed by atoms with E-state index in [1.807, 2.05) is 41.8 Å². The third kappa shape index (κ3) is 2.82. The van der Waals surface area contributed by atoms with Crippen LogP contribution in [0.1, 0.15) is 51.8 Å². The summed E-state index contributed by atoms with van der Waals surface area (Å²) < 4.78 is 7.45. The number of carbonyl (C=O) groups is 2. The zero-order chi connectivity index (χ0) is 22.0. The van der Waals surface area contributed by atoms with Crippen LogP contribution in [0, 0.1) is 13.8 Å². The molecule has 0 bridgehead atoms. The smallest absolute Gasteiger partial charge is 0.411 e. The number of piperidine rings is 1. The number of carbonyl (C=O) groups excluding carboxylic acids is 2. The molecule has 0 unspecified atom stereocenters. The molecule has 32 heavy (non-hydrogen) atoms. The SMILES string of the molecule is Cc1cc2ncc(C(=O)N3CCC(N4C(=O)O[C@H]5Cc6ccccc6[C@H]54)CC3)c(C)n2n1. The number of amides is 2. The van der Waals surface area contributed by atoms with Crippen molar-refractivity contribution in [1.29, 1.82) is 0 Å². The highest BCUT2D eigenvalue weighted by Gasteiger charge is 2.50. The van der Waals surface area contributed by atoms with Gasteiger partial charge < -0.3 is 9.64 Å². The third-order valence-electron chi connectivity index (χ3n) is 7.13. The van der Waals surface area contributed by atoms with Crippen LogP contribution in [-0.2, 0) is 11.2 Å². The van der Waals surface area contributed by atoms with Gasteiger partial charge in [0.1, 0.15) is 6.10 Å². The second-order valence-corrected chi connectivity index (χ2v) is 9.01. The fraction of sp³-hybridized carbons (Fsp3) is 0.417. The Bertz CT molecular complexity index is 1240. The predicted molar refractivity (Wildman–Crippen MR) is 116 cm³/mol. The molecule has 164 valence electrons. The average Bonchev–Trinajstić information content (AvgIpc) is 3.44. The number of hydrogen-bond donors (Lipinski definition) is 0. The van der Waals surface area contributed by atoms with E-state index >= 15 is 0 Å². The first kappa shape index (κ1) is 19.3. The molecule has 2 amide bonds. The van der Waals surface area contributed by atoms with E-state index in [0.29, 0.717) is 18.7 Å². The van der Waals surface area contributed by atoms with Crippen LogP contribution in [-0.4, -0.2) is 61.6 Å². The number of ether oxygens (including phenoxy) is 1. The lowest BCUT2D eigenvalue weighted by atomic mass is 9.98. The maximum absolute atomic E-state index is 13.2. The molecule has 3 aromatic rings. The van der Waals surface area contributed by atoms with E-state index in [2.05, 4.69) is 22.2 Å². The summed E-state index contributed by atoms with van der Waals surface area (Å²) in [5.41, 5.74) is 5.45. The van der Waals surface area contributed by atoms with Gasteiger partial charge in [-0.2, -0.15) is 5.10 Å². The largest absolute Gasteiger partial charge is 0.443 e. The Kier molecular flexibility index (Phi) is 4.25. The van der Waals surface area contributed by atoms with Crippen molar-refractivity contribution < 1.29 is 14.3 Å². The maximum atomic E-state index is 13.2. The number of aromatic nitrogens is 3. The molecule has 0 N–H and O–H groups in total. The van der Waals surface area contributed by atoms with Crippen molar-refractivity contribution in [2.24, 2.45) is 0 Å². The van der Waals surface area contributed by atoms with Crippen LogP contribution in [0.4, 0.5) is 4.79 Å². The highest BCUT2D eigenvalue weighted by atomic mass is 16.6. The Morgan fingerprint density at radius 2 is 1.94 bits per heavy atom. The summed E-state index contributed by atoms with van der Waals surface area (Å²) in [7, 11) is 0. The molecule has 0 radical (unpaired) electrons. The average molecular weight is 431 g/mol. The summed E-state index contributed by atoms with van der Waals surface area (Å²) in [6, 6.07) is 10.3. The maximum Gasteiger partial charge on any atom is 0.411 e. The van der Waals surface area contributed by atoms with Crippen molar-refractivity contribution in [2.45, 2.75) is 51.3 Å². The lowest BCUT2D eigenvalue weighted by Crippen LogP contribution is -2.48. The Labute approximate surface area is 185 Å². The molecule has 0 saturated carbocycles. The normalized spacial score (nSPS) is 22.9. The number of rotatable bonds is 2. The second-order valence-electron chi connectivity index (χ2n) is 9.01. The number of fused-ring (bicyclic) bond motifs is 4. The molecule has 2 aliphatic heterocycles. The number of likely N-dealkylation sites (tertiary alicyclic amines) is 1. The molecule has 1 aromatic carbocycles. The van der Waals surface area contributed by atoms with Crippen molar-refractivity contribution in [3.63, 3.8) is 0 Å². The Morgan fingerprint density at radius 3 is 2.75 bits per heavy atom. The van der Waals surface area contributed by atoms with Gasteiger partial charge in [0.2, 0.25) is 0 Å². The van der Waals surface area contributed by atoms with Gasteiger partial charge in [-0.3, -0.25) is 9.69 Å². The summed E-state index contributed by atoms with van der Waals surface area (Å²) in [4.78, 5) is 34.2. The summed E-state index contributed by atoms with van der Waals surface area (Å²) in [6.07, 6.45) is 3.58. The quantitative estimate of drug-likeness (QED) is 0.623. The van der Waals surface area contributed by atoms with Gasteiger partial charge in [0.15, 0.2) is 5.65 Å². The van der Waals surface area contributed by atoms with Crippen molar-refractivity contribution in [1.82, 2.24) is 24.4 Å². The van der Waals surface area contributed by atoms with Crippen molar-refractivity contribution in [3.8, 4) is 0 Å². The van der Waals surface area contributed by atoms with Crippen LogP contribution in [0.3, 0.4) is 0 Å². The minimum atomic E-state index is -0.223. The summed E-state index contributed by atoms with van der Waals surface area (Å²) in [5, 5.41) is 4.45. The van der Waals surface area contributed by atoms with Crippen molar-refractivity contribution in [3.05, 3.63) is 64.6 Å². The van der Waals surface area contributed by atoms with Gasteiger partial charge in [0, 0.05) is 37.8 Å². The van der Waals surface area contributed by atoms with E-state index in [-0.39, 0.29) is 30.2 Å². The summed E-state index contributed by atoms with van der Waals surface area (Å²) in [6.45, 7) is 5.01. The van der Waals surface area contributed by atoms with Crippen LogP contribution in [0.2, 0.25) is 0 Å². The van der Waals surface area contributed by atoms with E-state index < -0.39 is 0 Å². The molecule has 0 spiro atoms. The number of hydrogen-bond acceptors (Lipinski definition) is 5. The fourth-order valence-corrected chi connectivity index (χ4v) is 5.54. The van der Waals surface area contributed by atoms with E-state index in [4.69, 9.17) is 4.74 Å². The molecule has 8 nitrogen and oxygen atoms in total. The van der Waals surface area contributed by atoms with E-state index in [1.54, 1.807) is 10.7 Å². The second kappa shape index (κ2) is 7.05. The summed E-state index contributed by atoms with van der Waals surface area (Å²) >= 11 is 0. The Balaban J connectivity index is 1.19. The fourth-order valence-electron chi connectivity index (χ4n) is 5.54. The van der Waals surface area contributed by atoms with Gasteiger partial charge >= 0.3 is 6.09 Å². The van der Waals surface area contributed by atoms with Gasteiger partial charge in [-0.25, -0.2) is 14.3 Å². The zero-order valence-electron chi connectivity index (χ0n) is 18.2. The van der Waals surface area contributed by atoms with Gasteiger partial charge in [-0.15, -0.1) is 0 Å². The molecule has 3 aliphatic rings. The molecule has 4 heterocycles. The topological polar surface area (TPSA) is 80.0 Å². The molecule has 8 heteroatoms. The van der Waals surface area contributed by atoms with Crippen LogP contribution in [0.15, 0.2) is 36.5 Å². The molecule has 2 saturated heterocycles. The monoisotopic (exact) mass is 431 g/mol. The standard InChI is InChI=1S/C24H25N5O3/c1-14-11-21-25-13-19(15(2)29(21)26-14)23(30)27-9-7-17(8-10-27)28-22-18-6-4-3-5-16(18)12-20(22)32-24(28)31/h3-6,11,13,17,20,22H,7-10,12H2,1-2H3/t20-,22+/m0/s1. The van der Waals surface area contributed by atoms with E-state index in [9.17, 15) is 9.59 Å². The molecule has 2 atom stereocenters.